The highest BCUT2D eigenvalue weighted by molar-refractivity contribution is 5.90. The quantitative estimate of drug-likeness (QED) is 0.810. The summed E-state index contributed by atoms with van der Waals surface area (Å²) in [4.78, 5) is 28.1. The lowest BCUT2D eigenvalue weighted by Gasteiger charge is -2.32. The molecule has 0 aromatic carbocycles. The van der Waals surface area contributed by atoms with Crippen LogP contribution in [0.4, 0.5) is 5.82 Å². The van der Waals surface area contributed by atoms with Crippen LogP contribution in [0.15, 0.2) is 18.3 Å². The van der Waals surface area contributed by atoms with Gasteiger partial charge in [0.15, 0.2) is 0 Å². The average Bonchev–Trinajstić information content (AvgIpc) is 2.36. The van der Waals surface area contributed by atoms with Gasteiger partial charge in [0.2, 0.25) is 0 Å². The highest BCUT2D eigenvalue weighted by Gasteiger charge is 2.33. The van der Waals surface area contributed by atoms with Crippen molar-refractivity contribution in [2.24, 2.45) is 0 Å². The van der Waals surface area contributed by atoms with E-state index in [1.165, 1.54) is 30.3 Å². The van der Waals surface area contributed by atoms with Crippen LogP contribution in [-0.2, 0) is 9.53 Å². The Kier molecular flexibility index (Phi) is 3.90. The Hall–Kier alpha value is -2.11. The molecule has 0 amide bonds. The average molecular weight is 252 g/mol. The molecule has 0 atom stereocenters. The Labute approximate surface area is 105 Å². The first-order valence-corrected chi connectivity index (χ1v) is 5.32. The summed E-state index contributed by atoms with van der Waals surface area (Å²) in [5, 5.41) is 9.14. The number of carboxylic acids is 1. The van der Waals surface area contributed by atoms with Crippen LogP contribution in [0.25, 0.3) is 0 Å². The Balaban J connectivity index is 3.11. The molecule has 0 fully saturated rings. The second-order valence-corrected chi connectivity index (χ2v) is 4.32. The molecule has 0 spiro atoms. The zero-order valence-corrected chi connectivity index (χ0v) is 10.8. The molecular weight excluding hydrogens is 236 g/mol. The van der Waals surface area contributed by atoms with Gasteiger partial charge in [-0.3, -0.25) is 0 Å². The Morgan fingerprint density at radius 2 is 2.06 bits per heavy atom. The number of hydrogen-bond acceptors (Lipinski definition) is 5. The number of hydrogen-bond donors (Lipinski definition) is 1. The topological polar surface area (TPSA) is 79.7 Å². The minimum atomic E-state index is -1.12. The minimum absolute atomic E-state index is 0.329. The van der Waals surface area contributed by atoms with Gasteiger partial charge in [-0.05, 0) is 26.0 Å². The second kappa shape index (κ2) is 5.03. The van der Waals surface area contributed by atoms with Crippen molar-refractivity contribution in [1.82, 2.24) is 4.98 Å². The van der Waals surface area contributed by atoms with Gasteiger partial charge in [-0.1, -0.05) is 0 Å². The number of rotatable bonds is 4. The fourth-order valence-corrected chi connectivity index (χ4v) is 1.28. The molecule has 1 N–H and O–H groups in total. The van der Waals surface area contributed by atoms with Crippen LogP contribution < -0.4 is 4.90 Å². The summed E-state index contributed by atoms with van der Waals surface area (Å²) in [5.41, 5.74) is -0.794. The zero-order chi connectivity index (χ0) is 13.9. The summed E-state index contributed by atoms with van der Waals surface area (Å²) in [5.74, 6) is -1.07. The van der Waals surface area contributed by atoms with E-state index in [9.17, 15) is 9.59 Å². The summed E-state index contributed by atoms with van der Waals surface area (Å²) in [6.07, 6.45) is 1.44. The number of aliphatic carboxylic acids is 1. The van der Waals surface area contributed by atoms with Gasteiger partial charge in [0.25, 0.3) is 0 Å². The van der Waals surface area contributed by atoms with Crippen LogP contribution in [0.5, 0.6) is 0 Å². The van der Waals surface area contributed by atoms with E-state index in [1.54, 1.807) is 20.9 Å². The van der Waals surface area contributed by atoms with Crippen LogP contribution in [-0.4, -0.2) is 41.7 Å². The molecule has 98 valence electrons. The summed E-state index contributed by atoms with van der Waals surface area (Å²) in [6, 6.07) is 3.01. The summed E-state index contributed by atoms with van der Waals surface area (Å²) < 4.78 is 4.60. The number of carboxylic acid groups (broad SMARTS) is 1. The molecule has 0 aliphatic rings. The van der Waals surface area contributed by atoms with E-state index >= 15 is 0 Å². The smallest absolute Gasteiger partial charge is 0.338 e. The minimum Gasteiger partial charge on any atom is -0.480 e. The van der Waals surface area contributed by atoms with Crippen molar-refractivity contribution in [2.75, 3.05) is 19.1 Å². The number of ether oxygens (including phenoxy) is 1. The first-order valence-electron chi connectivity index (χ1n) is 5.32. The molecule has 1 heterocycles. The summed E-state index contributed by atoms with van der Waals surface area (Å²) in [6.45, 7) is 3.11. The fraction of sp³-hybridized carbons (Fsp3) is 0.417. The maximum Gasteiger partial charge on any atom is 0.338 e. The van der Waals surface area contributed by atoms with Gasteiger partial charge in [0, 0.05) is 13.2 Å². The predicted octanol–water partition coefficient (Wildman–Crippen LogP) is 1.17. The number of carbonyl (C=O) groups is 2. The van der Waals surface area contributed by atoms with Gasteiger partial charge in [0.05, 0.1) is 12.7 Å². The Morgan fingerprint density at radius 3 is 2.56 bits per heavy atom. The Morgan fingerprint density at radius 1 is 1.44 bits per heavy atom. The monoisotopic (exact) mass is 252 g/mol. The van der Waals surface area contributed by atoms with Gasteiger partial charge >= 0.3 is 11.9 Å². The number of methoxy groups -OCH3 is 1. The number of esters is 1. The van der Waals surface area contributed by atoms with E-state index in [2.05, 4.69) is 9.72 Å². The van der Waals surface area contributed by atoms with E-state index in [0.29, 0.717) is 11.4 Å². The molecular formula is C12H16N2O4. The van der Waals surface area contributed by atoms with E-state index in [4.69, 9.17) is 5.11 Å². The van der Waals surface area contributed by atoms with Crippen LogP contribution in [0.2, 0.25) is 0 Å². The van der Waals surface area contributed by atoms with Crippen molar-refractivity contribution in [2.45, 2.75) is 19.4 Å². The third kappa shape index (κ3) is 2.58. The molecule has 1 aromatic heterocycles. The van der Waals surface area contributed by atoms with Gasteiger partial charge in [-0.15, -0.1) is 0 Å². The third-order valence-electron chi connectivity index (χ3n) is 2.87. The third-order valence-corrected chi connectivity index (χ3v) is 2.87. The summed E-state index contributed by atoms with van der Waals surface area (Å²) >= 11 is 0. The molecule has 0 saturated heterocycles. The van der Waals surface area contributed by atoms with Crippen molar-refractivity contribution in [3.05, 3.63) is 23.9 Å². The number of likely N-dealkylation sites (N-methyl/N-ethyl adjacent to an activating group) is 1. The molecule has 0 aliphatic carbocycles. The Bertz CT molecular complexity index is 471. The highest BCUT2D eigenvalue weighted by Crippen LogP contribution is 2.21. The van der Waals surface area contributed by atoms with E-state index in [0.717, 1.165) is 0 Å². The normalized spacial score (nSPS) is 10.9. The molecule has 1 aromatic rings. The summed E-state index contributed by atoms with van der Waals surface area (Å²) in [7, 11) is 2.89. The molecule has 6 heteroatoms. The lowest BCUT2D eigenvalue weighted by Crippen LogP contribution is -2.48. The molecule has 0 radical (unpaired) electrons. The van der Waals surface area contributed by atoms with Crippen molar-refractivity contribution < 1.29 is 19.4 Å². The van der Waals surface area contributed by atoms with Crippen molar-refractivity contribution >= 4 is 17.8 Å². The SMILES string of the molecule is COC(=O)c1ccnc(N(C)C(C)(C)C(=O)O)c1. The standard InChI is InChI=1S/C12H16N2O4/c1-12(2,11(16)17)14(3)9-7-8(5-6-13-9)10(15)18-4/h5-7H,1-4H3,(H,16,17). The molecule has 18 heavy (non-hydrogen) atoms. The van der Waals surface area contributed by atoms with Crippen LogP contribution in [0.3, 0.4) is 0 Å². The number of nitrogens with zero attached hydrogens (tertiary/aromatic N) is 2. The molecule has 0 aliphatic heterocycles. The van der Waals surface area contributed by atoms with Gasteiger partial charge in [0.1, 0.15) is 11.4 Å². The lowest BCUT2D eigenvalue weighted by molar-refractivity contribution is -0.142. The first-order chi connectivity index (χ1) is 8.30. The molecule has 0 saturated carbocycles. The van der Waals surface area contributed by atoms with Gasteiger partial charge in [-0.2, -0.15) is 0 Å². The lowest BCUT2D eigenvalue weighted by atomic mass is 10.0. The number of anilines is 1. The number of aromatic nitrogens is 1. The zero-order valence-electron chi connectivity index (χ0n) is 10.8. The van der Waals surface area contributed by atoms with Crippen LogP contribution in [0.1, 0.15) is 24.2 Å². The van der Waals surface area contributed by atoms with Crippen molar-refractivity contribution in [1.29, 1.82) is 0 Å². The maximum atomic E-state index is 11.4. The fourth-order valence-electron chi connectivity index (χ4n) is 1.28. The number of carbonyl (C=O) groups excluding carboxylic acids is 1. The van der Waals surface area contributed by atoms with Gasteiger partial charge in [-0.25, -0.2) is 14.6 Å². The number of pyridine rings is 1. The molecule has 1 rings (SSSR count). The highest BCUT2D eigenvalue weighted by atomic mass is 16.5. The maximum absolute atomic E-state index is 11.4. The van der Waals surface area contributed by atoms with E-state index in [1.807, 2.05) is 0 Å². The first kappa shape index (κ1) is 14.0. The van der Waals surface area contributed by atoms with Crippen molar-refractivity contribution in [3.63, 3.8) is 0 Å². The van der Waals surface area contributed by atoms with Crippen LogP contribution >= 0.6 is 0 Å². The van der Waals surface area contributed by atoms with Crippen LogP contribution in [0, 0.1) is 0 Å². The van der Waals surface area contributed by atoms with E-state index in [-0.39, 0.29) is 0 Å². The largest absolute Gasteiger partial charge is 0.480 e. The predicted molar refractivity (Wildman–Crippen MR) is 65.7 cm³/mol. The molecule has 0 unspecified atom stereocenters. The van der Waals surface area contributed by atoms with Gasteiger partial charge < -0.3 is 14.7 Å². The second-order valence-electron chi connectivity index (χ2n) is 4.32. The molecule has 6 nitrogen and oxygen atoms in total. The van der Waals surface area contributed by atoms with E-state index < -0.39 is 17.5 Å². The van der Waals surface area contributed by atoms with Crippen molar-refractivity contribution in [3.8, 4) is 0 Å². The molecule has 0 bridgehead atoms.